The van der Waals surface area contributed by atoms with Gasteiger partial charge in [-0.3, -0.25) is 9.36 Å². The lowest BCUT2D eigenvalue weighted by Crippen LogP contribution is -2.40. The number of nitrogens with zero attached hydrogens (tertiary/aromatic N) is 2. The zero-order chi connectivity index (χ0) is 33.5. The van der Waals surface area contributed by atoms with Crippen molar-refractivity contribution in [2.75, 3.05) is 27.4 Å². The van der Waals surface area contributed by atoms with Gasteiger partial charge in [0.05, 0.1) is 43.2 Å². The van der Waals surface area contributed by atoms with E-state index in [9.17, 15) is 9.59 Å². The molecule has 1 atom stereocenters. The van der Waals surface area contributed by atoms with Crippen LogP contribution >= 0.6 is 22.9 Å². The summed E-state index contributed by atoms with van der Waals surface area (Å²) in [6.07, 6.45) is 3.06. The molecule has 11 heteroatoms. The maximum atomic E-state index is 14.3. The van der Waals surface area contributed by atoms with Crippen molar-refractivity contribution in [2.24, 2.45) is 4.99 Å². The summed E-state index contributed by atoms with van der Waals surface area (Å²) in [6, 6.07) is 17.5. The van der Waals surface area contributed by atoms with E-state index in [1.165, 1.54) is 11.3 Å². The Morgan fingerprint density at radius 3 is 2.38 bits per heavy atom. The molecule has 0 fully saturated rings. The largest absolute Gasteiger partial charge is 0.497 e. The van der Waals surface area contributed by atoms with Crippen LogP contribution in [-0.2, 0) is 16.1 Å². The molecule has 9 nitrogen and oxygen atoms in total. The molecular formula is C36H37ClN2O7S. The van der Waals surface area contributed by atoms with Crippen molar-refractivity contribution in [1.82, 2.24) is 4.57 Å². The van der Waals surface area contributed by atoms with Gasteiger partial charge in [0.25, 0.3) is 5.56 Å². The van der Waals surface area contributed by atoms with E-state index in [0.717, 1.165) is 17.5 Å². The number of methoxy groups -OCH3 is 2. The number of esters is 1. The Morgan fingerprint density at radius 1 is 0.936 bits per heavy atom. The number of fused-ring (bicyclic) bond motifs is 1. The van der Waals surface area contributed by atoms with Gasteiger partial charge >= 0.3 is 5.97 Å². The van der Waals surface area contributed by atoms with E-state index in [1.54, 1.807) is 50.0 Å². The van der Waals surface area contributed by atoms with Crippen molar-refractivity contribution in [1.29, 1.82) is 0 Å². The first-order chi connectivity index (χ1) is 22.8. The lowest BCUT2D eigenvalue weighted by Gasteiger charge is -2.27. The third-order valence-corrected chi connectivity index (χ3v) is 8.73. The number of aromatic nitrogens is 1. The number of benzene rings is 3. The van der Waals surface area contributed by atoms with Crippen molar-refractivity contribution in [3.05, 3.63) is 113 Å². The minimum absolute atomic E-state index is 0.176. The summed E-state index contributed by atoms with van der Waals surface area (Å²) < 4.78 is 30.7. The molecule has 246 valence electrons. The van der Waals surface area contributed by atoms with Crippen molar-refractivity contribution in [3.8, 4) is 23.0 Å². The fourth-order valence-electron chi connectivity index (χ4n) is 5.36. The van der Waals surface area contributed by atoms with E-state index < -0.39 is 12.0 Å². The average Bonchev–Trinajstić information content (AvgIpc) is 3.38. The molecule has 0 saturated carbocycles. The average molecular weight is 677 g/mol. The van der Waals surface area contributed by atoms with Gasteiger partial charge in [-0.2, -0.15) is 0 Å². The van der Waals surface area contributed by atoms with Crippen molar-refractivity contribution in [3.63, 3.8) is 0 Å². The lowest BCUT2D eigenvalue weighted by atomic mass is 9.93. The van der Waals surface area contributed by atoms with Crippen LogP contribution in [0.4, 0.5) is 0 Å². The van der Waals surface area contributed by atoms with Crippen molar-refractivity contribution in [2.45, 2.75) is 46.3 Å². The molecule has 1 aromatic heterocycles. The van der Waals surface area contributed by atoms with Crippen LogP contribution in [0, 0.1) is 0 Å². The number of carbonyl (C=O) groups excluding carboxylic acids is 1. The Bertz CT molecular complexity index is 1960. The molecule has 0 bridgehead atoms. The van der Waals surface area contributed by atoms with E-state index in [2.05, 4.69) is 0 Å². The minimum atomic E-state index is -0.846. The molecule has 3 aromatic carbocycles. The van der Waals surface area contributed by atoms with E-state index in [0.29, 0.717) is 73.8 Å². The molecule has 0 N–H and O–H groups in total. The zero-order valence-electron chi connectivity index (χ0n) is 27.0. The van der Waals surface area contributed by atoms with E-state index in [1.807, 2.05) is 56.3 Å². The Kier molecular flexibility index (Phi) is 11.1. The molecule has 0 unspecified atom stereocenters. The normalized spacial score (nSPS) is 14.3. The van der Waals surface area contributed by atoms with Gasteiger partial charge in [0.1, 0.15) is 24.1 Å². The Morgan fingerprint density at radius 2 is 1.70 bits per heavy atom. The maximum absolute atomic E-state index is 14.3. The van der Waals surface area contributed by atoms with Gasteiger partial charge in [0.15, 0.2) is 16.3 Å². The quantitative estimate of drug-likeness (QED) is 0.155. The number of hydrogen-bond acceptors (Lipinski definition) is 9. The van der Waals surface area contributed by atoms with Crippen LogP contribution < -0.4 is 33.8 Å². The van der Waals surface area contributed by atoms with Crippen molar-refractivity contribution >= 4 is 35.0 Å². The third-order valence-electron chi connectivity index (χ3n) is 7.50. The summed E-state index contributed by atoms with van der Waals surface area (Å²) in [6.45, 7) is 6.61. The van der Waals surface area contributed by atoms with E-state index in [4.69, 9.17) is 40.3 Å². The Labute approximate surface area is 282 Å². The molecule has 5 rings (SSSR count). The SMILES string of the molecule is CCCC1=C(C(=O)OCC)[C@H](c2cc(OC)ccc2OC)n2c(s/c(=C\c3ccc(OCc4ccc(Cl)cc4)c(OCC)c3)c2=O)=N1. The molecule has 0 radical (unpaired) electrons. The van der Waals surface area contributed by atoms with Crippen LogP contribution in [-0.4, -0.2) is 38.0 Å². The standard InChI is InChI=1S/C36H37ClN2O7S/c1-6-9-27-32(35(41)45-8-3)33(26-20-25(42-4)15-17-28(26)43-5)39-34(40)31(47-36(39)38-27)19-23-12-16-29(30(18-23)44-7-2)46-21-22-10-13-24(37)14-11-22/h10-20,33H,6-9,21H2,1-5H3/b31-19-/t33-/m0/s1. The summed E-state index contributed by atoms with van der Waals surface area (Å²) in [5.41, 5.74) is 2.88. The summed E-state index contributed by atoms with van der Waals surface area (Å²) in [5.74, 6) is 1.66. The summed E-state index contributed by atoms with van der Waals surface area (Å²) in [5, 5.41) is 0.658. The molecule has 1 aliphatic rings. The van der Waals surface area contributed by atoms with Gasteiger partial charge in [-0.15, -0.1) is 0 Å². The van der Waals surface area contributed by atoms with Gasteiger partial charge in [-0.05, 0) is 79.9 Å². The third kappa shape index (κ3) is 7.39. The fraction of sp³-hybridized carbons (Fsp3) is 0.306. The van der Waals surface area contributed by atoms with Crippen molar-refractivity contribution < 1.29 is 28.5 Å². The van der Waals surface area contributed by atoms with Gasteiger partial charge in [-0.1, -0.05) is 54.5 Å². The summed E-state index contributed by atoms with van der Waals surface area (Å²) in [7, 11) is 3.11. The monoisotopic (exact) mass is 676 g/mol. The summed E-state index contributed by atoms with van der Waals surface area (Å²) in [4.78, 5) is 33.2. The van der Waals surface area contributed by atoms with Crippen LogP contribution in [0.25, 0.3) is 6.08 Å². The Balaban J connectivity index is 1.63. The van der Waals surface area contributed by atoms with Gasteiger partial charge in [-0.25, -0.2) is 9.79 Å². The highest BCUT2D eigenvalue weighted by Gasteiger charge is 2.36. The van der Waals surface area contributed by atoms with E-state index in [-0.39, 0.29) is 12.2 Å². The highest BCUT2D eigenvalue weighted by Crippen LogP contribution is 2.39. The predicted molar refractivity (Wildman–Crippen MR) is 183 cm³/mol. The molecule has 0 saturated heterocycles. The smallest absolute Gasteiger partial charge is 0.338 e. The molecule has 2 heterocycles. The highest BCUT2D eigenvalue weighted by molar-refractivity contribution is 7.07. The van der Waals surface area contributed by atoms with Gasteiger partial charge in [0, 0.05) is 10.6 Å². The minimum Gasteiger partial charge on any atom is -0.497 e. The number of allylic oxidation sites excluding steroid dienone is 1. The number of ether oxygens (including phenoxy) is 5. The molecule has 0 aliphatic carbocycles. The van der Waals surface area contributed by atoms with Crippen LogP contribution in [0.1, 0.15) is 56.3 Å². The topological polar surface area (TPSA) is 97.6 Å². The lowest BCUT2D eigenvalue weighted by molar-refractivity contribution is -0.139. The Hall–Kier alpha value is -4.54. The van der Waals surface area contributed by atoms with Crippen LogP contribution in [0.5, 0.6) is 23.0 Å². The predicted octanol–water partition coefficient (Wildman–Crippen LogP) is 6.23. The zero-order valence-corrected chi connectivity index (χ0v) is 28.6. The molecule has 1 aliphatic heterocycles. The first-order valence-corrected chi connectivity index (χ1v) is 16.6. The molecule has 47 heavy (non-hydrogen) atoms. The van der Waals surface area contributed by atoms with Crippen LogP contribution in [0.15, 0.2) is 81.7 Å². The second-order valence-electron chi connectivity index (χ2n) is 10.6. The van der Waals surface area contributed by atoms with Gasteiger partial charge < -0.3 is 23.7 Å². The van der Waals surface area contributed by atoms with E-state index >= 15 is 0 Å². The number of thiazole rings is 1. The van der Waals surface area contributed by atoms with Crippen LogP contribution in [0.3, 0.4) is 0 Å². The first-order valence-electron chi connectivity index (χ1n) is 15.4. The second kappa shape index (κ2) is 15.4. The van der Waals surface area contributed by atoms with Crippen LogP contribution in [0.2, 0.25) is 5.02 Å². The number of halogens is 1. The molecular weight excluding hydrogens is 640 g/mol. The maximum Gasteiger partial charge on any atom is 0.338 e. The molecule has 4 aromatic rings. The number of carbonyl (C=O) groups is 1. The number of rotatable bonds is 13. The fourth-order valence-corrected chi connectivity index (χ4v) is 6.51. The van der Waals surface area contributed by atoms with Gasteiger partial charge in [0.2, 0.25) is 0 Å². The summed E-state index contributed by atoms with van der Waals surface area (Å²) >= 11 is 7.27. The second-order valence-corrected chi connectivity index (χ2v) is 12.0. The first kappa shape index (κ1) is 33.8. The number of hydrogen-bond donors (Lipinski definition) is 0. The molecule has 0 amide bonds. The molecule has 0 spiro atoms. The highest BCUT2D eigenvalue weighted by atomic mass is 35.5.